The molecule has 0 bridgehead atoms. The maximum absolute atomic E-state index is 11.3. The molecule has 27 heavy (non-hydrogen) atoms. The first-order valence-electron chi connectivity index (χ1n) is 10.0. The van der Waals surface area contributed by atoms with E-state index in [1.54, 1.807) is 0 Å². The highest BCUT2D eigenvalue weighted by atomic mass is 16.3. The smallest absolute Gasteiger partial charge is 0.127 e. The lowest BCUT2D eigenvalue weighted by molar-refractivity contribution is 0.473. The van der Waals surface area contributed by atoms with Crippen molar-refractivity contribution in [2.24, 2.45) is 0 Å². The number of unbranched alkanes of at least 4 members (excludes halogenated alkanes) is 2. The summed E-state index contributed by atoms with van der Waals surface area (Å²) < 4.78 is 0. The summed E-state index contributed by atoms with van der Waals surface area (Å²) in [6.07, 6.45) is 4.44. The summed E-state index contributed by atoms with van der Waals surface area (Å²) in [5.41, 5.74) is 2.36. The van der Waals surface area contributed by atoms with Crippen LogP contribution in [0.5, 0.6) is 5.75 Å². The number of rotatable bonds is 4. The number of benzene rings is 5. The van der Waals surface area contributed by atoms with Gasteiger partial charge in [-0.25, -0.2) is 0 Å². The van der Waals surface area contributed by atoms with Crippen LogP contribution in [0.4, 0.5) is 0 Å². The molecule has 134 valence electrons. The number of phenols is 1. The van der Waals surface area contributed by atoms with Crippen molar-refractivity contribution in [1.29, 1.82) is 0 Å². The van der Waals surface area contributed by atoms with Gasteiger partial charge in [-0.3, -0.25) is 0 Å². The van der Waals surface area contributed by atoms with E-state index in [-0.39, 0.29) is 0 Å². The minimum absolute atomic E-state index is 0.479. The van der Waals surface area contributed by atoms with E-state index in [1.165, 1.54) is 56.1 Å². The second-order valence-corrected chi connectivity index (χ2v) is 7.78. The zero-order valence-corrected chi connectivity index (χ0v) is 16.0. The van der Waals surface area contributed by atoms with Gasteiger partial charge in [0.2, 0.25) is 0 Å². The highest BCUT2D eigenvalue weighted by molar-refractivity contribution is 6.34. The molecule has 5 rings (SSSR count). The summed E-state index contributed by atoms with van der Waals surface area (Å²) in [6, 6.07) is 19.6. The van der Waals surface area contributed by atoms with Gasteiger partial charge in [-0.1, -0.05) is 68.3 Å². The van der Waals surface area contributed by atoms with Gasteiger partial charge in [-0.15, -0.1) is 0 Å². The molecule has 0 heterocycles. The highest BCUT2D eigenvalue weighted by Gasteiger charge is 2.18. The molecule has 0 aromatic heterocycles. The van der Waals surface area contributed by atoms with Crippen molar-refractivity contribution >= 4 is 43.1 Å². The summed E-state index contributed by atoms with van der Waals surface area (Å²) in [5.74, 6) is 0.479. The van der Waals surface area contributed by atoms with Crippen LogP contribution < -0.4 is 0 Å². The molecule has 0 aliphatic rings. The van der Waals surface area contributed by atoms with Crippen molar-refractivity contribution in [3.63, 3.8) is 0 Å². The van der Waals surface area contributed by atoms with E-state index < -0.39 is 0 Å². The fourth-order valence-corrected chi connectivity index (χ4v) is 4.72. The Labute approximate surface area is 159 Å². The van der Waals surface area contributed by atoms with Crippen LogP contribution in [0.1, 0.15) is 37.3 Å². The van der Waals surface area contributed by atoms with Crippen LogP contribution in [0, 0.1) is 6.92 Å². The first-order chi connectivity index (χ1) is 13.2. The average molecular weight is 352 g/mol. The number of aromatic hydroxyl groups is 1. The third kappa shape index (κ3) is 2.31. The van der Waals surface area contributed by atoms with Gasteiger partial charge in [-0.2, -0.15) is 0 Å². The van der Waals surface area contributed by atoms with Crippen molar-refractivity contribution in [1.82, 2.24) is 0 Å². The van der Waals surface area contributed by atoms with Gasteiger partial charge in [0.15, 0.2) is 0 Å². The summed E-state index contributed by atoms with van der Waals surface area (Å²) >= 11 is 0. The highest BCUT2D eigenvalue weighted by Crippen LogP contribution is 2.45. The molecule has 0 radical (unpaired) electrons. The first-order valence-corrected chi connectivity index (χ1v) is 10.0. The summed E-state index contributed by atoms with van der Waals surface area (Å²) in [7, 11) is 0. The Hall–Kier alpha value is -2.80. The molecule has 1 N–H and O–H groups in total. The van der Waals surface area contributed by atoms with Crippen LogP contribution in [0.25, 0.3) is 43.1 Å². The number of hydrogen-bond acceptors (Lipinski definition) is 1. The van der Waals surface area contributed by atoms with Crippen LogP contribution in [0.3, 0.4) is 0 Å². The van der Waals surface area contributed by atoms with E-state index in [4.69, 9.17) is 0 Å². The minimum Gasteiger partial charge on any atom is -0.507 e. The van der Waals surface area contributed by atoms with Gasteiger partial charge in [-0.05, 0) is 69.3 Å². The average Bonchev–Trinajstić information content (AvgIpc) is 2.69. The van der Waals surface area contributed by atoms with Crippen molar-refractivity contribution in [3.8, 4) is 5.75 Å². The van der Waals surface area contributed by atoms with Crippen LogP contribution >= 0.6 is 0 Å². The monoisotopic (exact) mass is 352 g/mol. The lowest BCUT2D eigenvalue weighted by Crippen LogP contribution is -1.94. The molecular formula is C26H24O. The first kappa shape index (κ1) is 16.4. The Morgan fingerprint density at radius 2 is 1.48 bits per heavy atom. The van der Waals surface area contributed by atoms with Gasteiger partial charge in [0.05, 0.1) is 0 Å². The fraction of sp³-hybridized carbons (Fsp3) is 0.231. The quantitative estimate of drug-likeness (QED) is 0.202. The molecule has 0 aliphatic carbocycles. The topological polar surface area (TPSA) is 20.2 Å². The van der Waals surface area contributed by atoms with Crippen LogP contribution in [0.15, 0.2) is 54.6 Å². The molecule has 0 atom stereocenters. The van der Waals surface area contributed by atoms with Crippen molar-refractivity contribution in [2.45, 2.75) is 39.5 Å². The van der Waals surface area contributed by atoms with Crippen LogP contribution in [-0.4, -0.2) is 5.11 Å². The van der Waals surface area contributed by atoms with E-state index >= 15 is 0 Å². The van der Waals surface area contributed by atoms with Crippen molar-refractivity contribution < 1.29 is 5.11 Å². The molecule has 0 saturated heterocycles. The van der Waals surface area contributed by atoms with E-state index in [9.17, 15) is 5.11 Å². The molecule has 0 saturated carbocycles. The molecule has 0 amide bonds. The van der Waals surface area contributed by atoms with Gasteiger partial charge >= 0.3 is 0 Å². The lowest BCUT2D eigenvalue weighted by atomic mass is 9.86. The second-order valence-electron chi connectivity index (χ2n) is 7.78. The predicted octanol–water partition coefficient (Wildman–Crippen LogP) is 7.48. The van der Waals surface area contributed by atoms with Gasteiger partial charge in [0, 0.05) is 10.8 Å². The van der Waals surface area contributed by atoms with Crippen LogP contribution in [-0.2, 0) is 6.42 Å². The van der Waals surface area contributed by atoms with Gasteiger partial charge in [0.1, 0.15) is 5.75 Å². The minimum atomic E-state index is 0.479. The zero-order valence-electron chi connectivity index (χ0n) is 16.0. The number of aryl methyl sites for hydroxylation is 2. The second kappa shape index (κ2) is 6.13. The third-order valence-electron chi connectivity index (χ3n) is 6.09. The lowest BCUT2D eigenvalue weighted by Gasteiger charge is -2.18. The normalized spacial score (nSPS) is 12.1. The Balaban J connectivity index is 2.01. The fourth-order valence-electron chi connectivity index (χ4n) is 4.72. The Bertz CT molecular complexity index is 1290. The molecule has 1 nitrogen and oxygen atoms in total. The summed E-state index contributed by atoms with van der Waals surface area (Å²) in [4.78, 5) is 0. The Morgan fingerprint density at radius 3 is 2.26 bits per heavy atom. The van der Waals surface area contributed by atoms with E-state index in [0.717, 1.165) is 23.8 Å². The Morgan fingerprint density at radius 1 is 0.741 bits per heavy atom. The van der Waals surface area contributed by atoms with Crippen molar-refractivity contribution in [2.75, 3.05) is 0 Å². The molecular weight excluding hydrogens is 328 g/mol. The standard InChI is InChI=1S/C26H24O/c1-3-4-5-8-18-15-22-16(2)13-14-20-19-11-6-9-17-10-7-12-21(23(17)19)25(24(20)22)26(18)27/h6-7,9-15,27H,3-5,8H2,1-2H3. The largest absolute Gasteiger partial charge is 0.507 e. The van der Waals surface area contributed by atoms with Crippen LogP contribution in [0.2, 0.25) is 0 Å². The van der Waals surface area contributed by atoms with E-state index in [2.05, 4.69) is 68.4 Å². The molecule has 0 aliphatic heterocycles. The van der Waals surface area contributed by atoms with Gasteiger partial charge in [0.25, 0.3) is 0 Å². The van der Waals surface area contributed by atoms with E-state index in [0.29, 0.717) is 5.75 Å². The number of hydrogen-bond donors (Lipinski definition) is 1. The molecule has 0 fully saturated rings. The number of fused-ring (bicyclic) bond motifs is 2. The Kier molecular flexibility index (Phi) is 3.72. The van der Waals surface area contributed by atoms with Gasteiger partial charge < -0.3 is 5.11 Å². The van der Waals surface area contributed by atoms with Crippen molar-refractivity contribution in [3.05, 3.63) is 65.7 Å². The maximum atomic E-state index is 11.3. The predicted molar refractivity (Wildman–Crippen MR) is 117 cm³/mol. The zero-order chi connectivity index (χ0) is 18.5. The molecule has 5 aromatic rings. The number of phenolic OH excluding ortho intramolecular Hbond substituents is 1. The molecule has 5 aromatic carbocycles. The molecule has 1 heteroatoms. The third-order valence-corrected chi connectivity index (χ3v) is 6.09. The summed E-state index contributed by atoms with van der Waals surface area (Å²) in [6.45, 7) is 4.40. The maximum Gasteiger partial charge on any atom is 0.127 e. The molecule has 0 spiro atoms. The molecule has 0 unspecified atom stereocenters. The summed E-state index contributed by atoms with van der Waals surface area (Å²) in [5, 5.41) is 21.0. The SMILES string of the molecule is CCCCCc1cc2c(C)ccc3c4cccc5cccc(c(c1O)c23)c54. The van der Waals surface area contributed by atoms with E-state index in [1.807, 2.05) is 0 Å².